The van der Waals surface area contributed by atoms with Crippen LogP contribution in [0.5, 0.6) is 11.5 Å². The molecular weight excluding hydrogens is 392 g/mol. The van der Waals surface area contributed by atoms with Gasteiger partial charge < -0.3 is 9.84 Å². The molecular formula is C25H18N2O4. The minimum absolute atomic E-state index is 0.0845. The van der Waals surface area contributed by atoms with Crippen molar-refractivity contribution in [3.8, 4) is 11.5 Å². The lowest BCUT2D eigenvalue weighted by molar-refractivity contribution is 0.0736. The summed E-state index contributed by atoms with van der Waals surface area (Å²) in [6.07, 6.45) is 1.48. The van der Waals surface area contributed by atoms with E-state index < -0.39 is 11.9 Å². The molecule has 152 valence electrons. The van der Waals surface area contributed by atoms with E-state index in [1.54, 1.807) is 30.3 Å². The van der Waals surface area contributed by atoms with Gasteiger partial charge in [-0.25, -0.2) is 10.2 Å². The van der Waals surface area contributed by atoms with E-state index in [0.717, 1.165) is 16.3 Å². The number of nitrogens with zero attached hydrogens (tertiary/aromatic N) is 1. The summed E-state index contributed by atoms with van der Waals surface area (Å²) in [5, 5.41) is 15.0. The maximum absolute atomic E-state index is 12.6. The number of esters is 1. The zero-order valence-corrected chi connectivity index (χ0v) is 16.4. The third kappa shape index (κ3) is 4.76. The number of rotatable bonds is 5. The van der Waals surface area contributed by atoms with Crippen LogP contribution in [0.4, 0.5) is 0 Å². The quantitative estimate of drug-likeness (QED) is 0.219. The largest absolute Gasteiger partial charge is 0.508 e. The molecule has 0 radical (unpaired) electrons. The molecule has 0 aliphatic rings. The summed E-state index contributed by atoms with van der Waals surface area (Å²) in [7, 11) is 0. The van der Waals surface area contributed by atoms with E-state index in [1.165, 1.54) is 30.5 Å². The Bertz CT molecular complexity index is 1260. The van der Waals surface area contributed by atoms with E-state index in [4.69, 9.17) is 4.74 Å². The van der Waals surface area contributed by atoms with Crippen molar-refractivity contribution in [2.24, 2.45) is 5.10 Å². The summed E-state index contributed by atoms with van der Waals surface area (Å²) >= 11 is 0. The molecule has 6 nitrogen and oxygen atoms in total. The normalized spacial score (nSPS) is 10.8. The van der Waals surface area contributed by atoms with E-state index in [9.17, 15) is 14.7 Å². The van der Waals surface area contributed by atoms with Gasteiger partial charge in [-0.15, -0.1) is 0 Å². The Morgan fingerprint density at radius 1 is 0.839 bits per heavy atom. The highest BCUT2D eigenvalue weighted by Crippen LogP contribution is 2.21. The Kier molecular flexibility index (Phi) is 5.71. The lowest BCUT2D eigenvalue weighted by atomic mass is 10.0. The molecule has 0 fully saturated rings. The van der Waals surface area contributed by atoms with Crippen LogP contribution in [0.15, 0.2) is 96.1 Å². The molecule has 4 aromatic rings. The van der Waals surface area contributed by atoms with Crippen LogP contribution in [0, 0.1) is 0 Å². The molecule has 0 spiro atoms. The molecule has 0 saturated heterocycles. The van der Waals surface area contributed by atoms with E-state index in [0.29, 0.717) is 16.9 Å². The Balaban J connectivity index is 1.39. The number of phenolic OH excluding ortho intramolecular Hbond substituents is 1. The Morgan fingerprint density at radius 2 is 1.55 bits per heavy atom. The average Bonchev–Trinajstić information content (AvgIpc) is 2.80. The predicted octanol–water partition coefficient (Wildman–Crippen LogP) is 4.53. The number of nitrogens with one attached hydrogen (secondary N) is 1. The molecule has 1 amide bonds. The van der Waals surface area contributed by atoms with Crippen molar-refractivity contribution in [2.45, 2.75) is 0 Å². The summed E-state index contributed by atoms with van der Waals surface area (Å²) in [5.41, 5.74) is 4.02. The molecule has 2 N–H and O–H groups in total. The standard InChI is InChI=1S/C25H18N2O4/c28-20-12-10-19(11-13-20)24(29)27-26-16-17-8-14-21(15-9-17)31-25(30)23-7-3-5-18-4-1-2-6-22(18)23/h1-16,28H,(H,27,29). The van der Waals surface area contributed by atoms with Crippen molar-refractivity contribution in [2.75, 3.05) is 0 Å². The van der Waals surface area contributed by atoms with Crippen molar-refractivity contribution in [1.29, 1.82) is 0 Å². The van der Waals surface area contributed by atoms with Gasteiger partial charge in [-0.1, -0.05) is 36.4 Å². The molecule has 0 aromatic heterocycles. The van der Waals surface area contributed by atoms with Crippen molar-refractivity contribution in [3.05, 3.63) is 108 Å². The SMILES string of the molecule is O=C(NN=Cc1ccc(OC(=O)c2cccc3ccccc23)cc1)c1ccc(O)cc1. The number of amides is 1. The summed E-state index contributed by atoms with van der Waals surface area (Å²) in [5.74, 6) is -0.333. The summed E-state index contributed by atoms with van der Waals surface area (Å²) in [6.45, 7) is 0. The van der Waals surface area contributed by atoms with Gasteiger partial charge in [0.05, 0.1) is 11.8 Å². The number of aromatic hydroxyl groups is 1. The van der Waals surface area contributed by atoms with Gasteiger partial charge >= 0.3 is 5.97 Å². The Labute approximate surface area is 178 Å². The van der Waals surface area contributed by atoms with Gasteiger partial charge in [0.25, 0.3) is 5.91 Å². The fraction of sp³-hybridized carbons (Fsp3) is 0. The number of phenols is 1. The van der Waals surface area contributed by atoms with Crippen LogP contribution >= 0.6 is 0 Å². The zero-order chi connectivity index (χ0) is 21.6. The maximum atomic E-state index is 12.6. The van der Waals surface area contributed by atoms with Crippen LogP contribution in [0.3, 0.4) is 0 Å². The third-order valence-electron chi connectivity index (χ3n) is 4.61. The van der Waals surface area contributed by atoms with Gasteiger partial charge in [0.1, 0.15) is 11.5 Å². The lowest BCUT2D eigenvalue weighted by Crippen LogP contribution is -2.17. The molecule has 0 aliphatic heterocycles. The van der Waals surface area contributed by atoms with Gasteiger partial charge in [0.2, 0.25) is 0 Å². The van der Waals surface area contributed by atoms with E-state index in [2.05, 4.69) is 10.5 Å². The fourth-order valence-electron chi connectivity index (χ4n) is 3.03. The number of fused-ring (bicyclic) bond motifs is 1. The number of hydrogen-bond acceptors (Lipinski definition) is 5. The molecule has 4 aromatic carbocycles. The van der Waals surface area contributed by atoms with Crippen LogP contribution in [0.25, 0.3) is 10.8 Å². The van der Waals surface area contributed by atoms with Gasteiger partial charge in [-0.3, -0.25) is 4.79 Å². The highest BCUT2D eigenvalue weighted by Gasteiger charge is 2.12. The molecule has 0 heterocycles. The van der Waals surface area contributed by atoms with Crippen LogP contribution in [-0.4, -0.2) is 23.2 Å². The number of hydrogen-bond donors (Lipinski definition) is 2. The zero-order valence-electron chi connectivity index (χ0n) is 16.4. The smallest absolute Gasteiger partial charge is 0.344 e. The average molecular weight is 410 g/mol. The Hall–Kier alpha value is -4.45. The summed E-state index contributed by atoms with van der Waals surface area (Å²) in [4.78, 5) is 24.6. The first kappa shape index (κ1) is 19.8. The number of carbonyl (C=O) groups excluding carboxylic acids is 2. The molecule has 0 saturated carbocycles. The second-order valence-corrected chi connectivity index (χ2v) is 6.73. The van der Waals surface area contributed by atoms with Crippen LogP contribution < -0.4 is 10.2 Å². The first-order chi connectivity index (χ1) is 15.1. The minimum Gasteiger partial charge on any atom is -0.508 e. The summed E-state index contributed by atoms with van der Waals surface area (Å²) < 4.78 is 5.50. The fourth-order valence-corrected chi connectivity index (χ4v) is 3.03. The predicted molar refractivity (Wildman–Crippen MR) is 119 cm³/mol. The monoisotopic (exact) mass is 410 g/mol. The van der Waals surface area contributed by atoms with Crippen molar-refractivity contribution in [3.63, 3.8) is 0 Å². The molecule has 31 heavy (non-hydrogen) atoms. The van der Waals surface area contributed by atoms with E-state index in [-0.39, 0.29) is 5.75 Å². The lowest BCUT2D eigenvalue weighted by Gasteiger charge is -2.07. The first-order valence-corrected chi connectivity index (χ1v) is 9.52. The van der Waals surface area contributed by atoms with E-state index >= 15 is 0 Å². The second-order valence-electron chi connectivity index (χ2n) is 6.73. The maximum Gasteiger partial charge on any atom is 0.344 e. The van der Waals surface area contributed by atoms with Crippen LogP contribution in [0.1, 0.15) is 26.3 Å². The molecule has 4 rings (SSSR count). The number of benzene rings is 4. The minimum atomic E-state index is -0.431. The molecule has 0 unspecified atom stereocenters. The van der Waals surface area contributed by atoms with Crippen LogP contribution in [0.2, 0.25) is 0 Å². The van der Waals surface area contributed by atoms with Crippen LogP contribution in [-0.2, 0) is 0 Å². The number of carbonyl (C=O) groups is 2. The van der Waals surface area contributed by atoms with Crippen molar-refractivity contribution in [1.82, 2.24) is 5.43 Å². The third-order valence-corrected chi connectivity index (χ3v) is 4.61. The van der Waals surface area contributed by atoms with E-state index in [1.807, 2.05) is 36.4 Å². The number of ether oxygens (including phenoxy) is 1. The Morgan fingerprint density at radius 3 is 2.32 bits per heavy atom. The van der Waals surface area contributed by atoms with Gasteiger partial charge in [-0.05, 0) is 70.9 Å². The number of hydrazone groups is 1. The first-order valence-electron chi connectivity index (χ1n) is 9.52. The van der Waals surface area contributed by atoms with Gasteiger partial charge in [-0.2, -0.15) is 5.10 Å². The molecule has 0 aliphatic carbocycles. The second kappa shape index (κ2) is 8.92. The molecule has 6 heteroatoms. The van der Waals surface area contributed by atoms with Gasteiger partial charge in [0, 0.05) is 5.56 Å². The van der Waals surface area contributed by atoms with Crippen molar-refractivity contribution < 1.29 is 19.4 Å². The van der Waals surface area contributed by atoms with Gasteiger partial charge in [0.15, 0.2) is 0 Å². The summed E-state index contributed by atoms with van der Waals surface area (Å²) in [6, 6.07) is 25.8. The highest BCUT2D eigenvalue weighted by atomic mass is 16.5. The molecule has 0 bridgehead atoms. The topological polar surface area (TPSA) is 88.0 Å². The molecule has 0 atom stereocenters. The highest BCUT2D eigenvalue weighted by molar-refractivity contribution is 6.05. The van der Waals surface area contributed by atoms with Crippen molar-refractivity contribution >= 4 is 28.9 Å².